The molecule has 9 heavy (non-hydrogen) atoms. The SMILES string of the molecule is C=Cc1cccc[n+]1O. The first-order valence-electron chi connectivity index (χ1n) is 2.67. The first-order valence-corrected chi connectivity index (χ1v) is 2.67. The zero-order chi connectivity index (χ0) is 6.69. The molecule has 0 amide bonds. The van der Waals surface area contributed by atoms with E-state index in [1.54, 1.807) is 24.4 Å². The molecule has 2 heteroatoms. The molecular weight excluding hydrogens is 114 g/mol. The van der Waals surface area contributed by atoms with E-state index in [-0.39, 0.29) is 0 Å². The van der Waals surface area contributed by atoms with Gasteiger partial charge in [-0.05, 0) is 6.07 Å². The maximum absolute atomic E-state index is 8.96. The lowest BCUT2D eigenvalue weighted by atomic mass is 10.3. The Morgan fingerprint density at radius 2 is 2.33 bits per heavy atom. The molecule has 0 atom stereocenters. The molecule has 2 nitrogen and oxygen atoms in total. The number of rotatable bonds is 1. The highest BCUT2D eigenvalue weighted by Gasteiger charge is 1.99. The third-order valence-corrected chi connectivity index (χ3v) is 1.08. The molecule has 1 aromatic rings. The largest absolute Gasteiger partial charge is 0.285 e. The van der Waals surface area contributed by atoms with Gasteiger partial charge in [-0.25, -0.2) is 0 Å². The normalized spacial score (nSPS) is 8.89. The van der Waals surface area contributed by atoms with Crippen LogP contribution in [-0.2, 0) is 0 Å². The highest BCUT2D eigenvalue weighted by molar-refractivity contribution is 5.36. The summed E-state index contributed by atoms with van der Waals surface area (Å²) in [5, 5.41) is 8.96. The second-order valence-electron chi connectivity index (χ2n) is 1.67. The fourth-order valence-corrected chi connectivity index (χ4v) is 0.609. The van der Waals surface area contributed by atoms with Crippen molar-refractivity contribution >= 4 is 6.08 Å². The number of pyridine rings is 1. The van der Waals surface area contributed by atoms with Crippen molar-refractivity contribution in [1.29, 1.82) is 0 Å². The highest BCUT2D eigenvalue weighted by Crippen LogP contribution is 1.89. The van der Waals surface area contributed by atoms with E-state index in [9.17, 15) is 0 Å². The molecule has 1 rings (SSSR count). The number of nitrogens with zero attached hydrogens (tertiary/aromatic N) is 1. The predicted molar refractivity (Wildman–Crippen MR) is 33.9 cm³/mol. The van der Waals surface area contributed by atoms with Crippen molar-refractivity contribution in [3.05, 3.63) is 36.7 Å². The summed E-state index contributed by atoms with van der Waals surface area (Å²) in [7, 11) is 0. The Bertz CT molecular complexity index is 220. The molecule has 0 aromatic carbocycles. The van der Waals surface area contributed by atoms with E-state index in [1.807, 2.05) is 6.07 Å². The van der Waals surface area contributed by atoms with E-state index >= 15 is 0 Å². The van der Waals surface area contributed by atoms with Crippen LogP contribution in [0.2, 0.25) is 0 Å². The van der Waals surface area contributed by atoms with E-state index < -0.39 is 0 Å². The molecule has 46 valence electrons. The van der Waals surface area contributed by atoms with Gasteiger partial charge in [0.2, 0.25) is 6.20 Å². The third kappa shape index (κ3) is 1.08. The van der Waals surface area contributed by atoms with Crippen LogP contribution in [0.15, 0.2) is 31.0 Å². The first-order chi connectivity index (χ1) is 4.34. The zero-order valence-electron chi connectivity index (χ0n) is 4.99. The fraction of sp³-hybridized carbons (Fsp3) is 0. The van der Waals surface area contributed by atoms with E-state index in [1.165, 1.54) is 0 Å². The summed E-state index contributed by atoms with van der Waals surface area (Å²) in [5.74, 6) is 0. The Morgan fingerprint density at radius 3 is 2.78 bits per heavy atom. The lowest BCUT2D eigenvalue weighted by molar-refractivity contribution is -0.905. The van der Waals surface area contributed by atoms with Gasteiger partial charge in [0.1, 0.15) is 0 Å². The fourth-order valence-electron chi connectivity index (χ4n) is 0.609. The molecule has 0 spiro atoms. The molecule has 0 radical (unpaired) electrons. The monoisotopic (exact) mass is 122 g/mol. The average molecular weight is 122 g/mol. The van der Waals surface area contributed by atoms with Crippen molar-refractivity contribution in [2.75, 3.05) is 0 Å². The van der Waals surface area contributed by atoms with Crippen molar-refractivity contribution in [2.24, 2.45) is 0 Å². The van der Waals surface area contributed by atoms with Crippen LogP contribution in [0.5, 0.6) is 0 Å². The van der Waals surface area contributed by atoms with Gasteiger partial charge in [-0.15, -0.1) is 0 Å². The van der Waals surface area contributed by atoms with Gasteiger partial charge in [0.05, 0.1) is 0 Å². The van der Waals surface area contributed by atoms with Crippen LogP contribution in [0, 0.1) is 0 Å². The Morgan fingerprint density at radius 1 is 1.56 bits per heavy atom. The van der Waals surface area contributed by atoms with E-state index in [0.29, 0.717) is 5.69 Å². The topological polar surface area (TPSA) is 24.1 Å². The smallest absolute Gasteiger partial charge is 0.256 e. The second kappa shape index (κ2) is 2.31. The van der Waals surface area contributed by atoms with Crippen LogP contribution in [0.4, 0.5) is 0 Å². The van der Waals surface area contributed by atoms with E-state index in [0.717, 1.165) is 4.73 Å². The molecule has 1 N–H and O–H groups in total. The van der Waals surface area contributed by atoms with Gasteiger partial charge in [0.15, 0.2) is 0 Å². The summed E-state index contributed by atoms with van der Waals surface area (Å²) in [6.07, 6.45) is 3.14. The van der Waals surface area contributed by atoms with Gasteiger partial charge in [-0.3, -0.25) is 5.21 Å². The maximum atomic E-state index is 8.96. The molecule has 0 saturated heterocycles. The summed E-state index contributed by atoms with van der Waals surface area (Å²) in [6, 6.07) is 5.35. The lowest BCUT2D eigenvalue weighted by Crippen LogP contribution is -2.32. The average Bonchev–Trinajstić information content (AvgIpc) is 1.89. The third-order valence-electron chi connectivity index (χ3n) is 1.08. The Balaban J connectivity index is 3.15. The van der Waals surface area contributed by atoms with Crippen LogP contribution >= 0.6 is 0 Å². The second-order valence-corrected chi connectivity index (χ2v) is 1.67. The van der Waals surface area contributed by atoms with Crippen molar-refractivity contribution < 1.29 is 9.94 Å². The predicted octanol–water partition coefficient (Wildman–Crippen LogP) is 0.854. The molecule has 0 aliphatic carbocycles. The molecule has 0 aliphatic heterocycles. The maximum Gasteiger partial charge on any atom is 0.256 e. The minimum absolute atomic E-state index is 0.692. The highest BCUT2D eigenvalue weighted by atomic mass is 16.5. The summed E-state index contributed by atoms with van der Waals surface area (Å²) in [6.45, 7) is 3.51. The van der Waals surface area contributed by atoms with Gasteiger partial charge in [-0.2, -0.15) is 0 Å². The van der Waals surface area contributed by atoms with Gasteiger partial charge in [0, 0.05) is 22.9 Å². The lowest BCUT2D eigenvalue weighted by Gasteiger charge is -1.84. The molecule has 0 unspecified atom stereocenters. The van der Waals surface area contributed by atoms with Gasteiger partial charge < -0.3 is 0 Å². The van der Waals surface area contributed by atoms with E-state index in [2.05, 4.69) is 6.58 Å². The summed E-state index contributed by atoms with van der Waals surface area (Å²) < 4.78 is 1.02. The molecule has 0 saturated carbocycles. The minimum atomic E-state index is 0.692. The Kier molecular flexibility index (Phi) is 1.49. The molecule has 0 fully saturated rings. The molecule has 0 bridgehead atoms. The van der Waals surface area contributed by atoms with Crippen molar-refractivity contribution in [2.45, 2.75) is 0 Å². The van der Waals surface area contributed by atoms with Crippen molar-refractivity contribution in [3.8, 4) is 0 Å². The summed E-state index contributed by atoms with van der Waals surface area (Å²) in [5.41, 5.74) is 0.692. The molecule has 1 heterocycles. The van der Waals surface area contributed by atoms with Crippen molar-refractivity contribution in [1.82, 2.24) is 0 Å². The molecular formula is C7H8NO+. The summed E-state index contributed by atoms with van der Waals surface area (Å²) in [4.78, 5) is 0. The number of hydrogen-bond acceptors (Lipinski definition) is 1. The molecule has 1 aromatic heterocycles. The minimum Gasteiger partial charge on any atom is -0.285 e. The Labute approximate surface area is 53.6 Å². The van der Waals surface area contributed by atoms with Crippen LogP contribution in [0.25, 0.3) is 6.08 Å². The van der Waals surface area contributed by atoms with Crippen LogP contribution in [0.3, 0.4) is 0 Å². The standard InChI is InChI=1S/C7H8NO/c1-2-7-5-3-4-6-8(7)9/h2-6,9H,1H2/q+1. The van der Waals surface area contributed by atoms with Gasteiger partial charge in [0.25, 0.3) is 5.69 Å². The number of aromatic nitrogens is 1. The summed E-state index contributed by atoms with van der Waals surface area (Å²) >= 11 is 0. The quantitative estimate of drug-likeness (QED) is 0.433. The molecule has 0 aliphatic rings. The van der Waals surface area contributed by atoms with Crippen molar-refractivity contribution in [3.63, 3.8) is 0 Å². The van der Waals surface area contributed by atoms with Gasteiger partial charge >= 0.3 is 0 Å². The number of hydrogen-bond donors (Lipinski definition) is 1. The zero-order valence-corrected chi connectivity index (χ0v) is 4.99. The Hall–Kier alpha value is -1.31. The van der Waals surface area contributed by atoms with Crippen LogP contribution in [0.1, 0.15) is 5.69 Å². The van der Waals surface area contributed by atoms with E-state index in [4.69, 9.17) is 5.21 Å². The van der Waals surface area contributed by atoms with Crippen LogP contribution in [-0.4, -0.2) is 5.21 Å². The van der Waals surface area contributed by atoms with Gasteiger partial charge in [-0.1, -0.05) is 6.58 Å². The van der Waals surface area contributed by atoms with Crippen LogP contribution < -0.4 is 4.73 Å². The first kappa shape index (κ1) is 5.82.